The van der Waals surface area contributed by atoms with Crippen molar-refractivity contribution in [1.82, 2.24) is 10.6 Å². The van der Waals surface area contributed by atoms with Crippen molar-refractivity contribution in [3.8, 4) is 5.75 Å². The van der Waals surface area contributed by atoms with Gasteiger partial charge in [-0.15, -0.1) is 24.0 Å². The average Bonchev–Trinajstić information content (AvgIpc) is 3.15. The lowest BCUT2D eigenvalue weighted by Gasteiger charge is -2.12. The Labute approximate surface area is 174 Å². The zero-order valence-corrected chi connectivity index (χ0v) is 18.2. The number of hydrogen-bond acceptors (Lipinski definition) is 4. The summed E-state index contributed by atoms with van der Waals surface area (Å²) < 4.78 is 16.3. The Balaban J connectivity index is 0.00000338. The van der Waals surface area contributed by atoms with Gasteiger partial charge in [0.25, 0.3) is 0 Å². The van der Waals surface area contributed by atoms with E-state index in [1.807, 2.05) is 12.1 Å². The van der Waals surface area contributed by atoms with Crippen LogP contribution in [-0.4, -0.2) is 58.6 Å². The number of methoxy groups -OCH3 is 1. The minimum absolute atomic E-state index is 0. The van der Waals surface area contributed by atoms with E-state index in [0.29, 0.717) is 0 Å². The summed E-state index contributed by atoms with van der Waals surface area (Å²) >= 11 is 0. The molecule has 1 heterocycles. The van der Waals surface area contributed by atoms with Gasteiger partial charge in [-0.3, -0.25) is 4.99 Å². The molecule has 2 rings (SSSR count). The van der Waals surface area contributed by atoms with E-state index >= 15 is 0 Å². The van der Waals surface area contributed by atoms with E-state index in [2.05, 4.69) is 34.7 Å². The van der Waals surface area contributed by atoms with Crippen molar-refractivity contribution in [2.75, 3.05) is 46.6 Å². The Bertz CT molecular complexity index is 523. The summed E-state index contributed by atoms with van der Waals surface area (Å²) in [5.74, 6) is 1.75. The molecule has 0 aromatic heterocycles. The first-order valence-electron chi connectivity index (χ1n) is 9.16. The van der Waals surface area contributed by atoms with Gasteiger partial charge in [0.05, 0.1) is 19.8 Å². The predicted octanol–water partition coefficient (Wildman–Crippen LogP) is 2.61. The van der Waals surface area contributed by atoms with Crippen molar-refractivity contribution in [1.29, 1.82) is 0 Å². The second-order valence-corrected chi connectivity index (χ2v) is 6.00. The van der Waals surface area contributed by atoms with E-state index in [4.69, 9.17) is 14.2 Å². The topological polar surface area (TPSA) is 64.1 Å². The summed E-state index contributed by atoms with van der Waals surface area (Å²) in [5.41, 5.74) is 1.25. The molecule has 148 valence electrons. The van der Waals surface area contributed by atoms with Gasteiger partial charge in [-0.05, 0) is 43.9 Å². The highest BCUT2D eigenvalue weighted by atomic mass is 127. The molecule has 0 spiro atoms. The fraction of sp³-hybridized carbons (Fsp3) is 0.632. The van der Waals surface area contributed by atoms with Crippen molar-refractivity contribution in [2.45, 2.75) is 32.3 Å². The zero-order chi connectivity index (χ0) is 17.7. The summed E-state index contributed by atoms with van der Waals surface area (Å²) in [5, 5.41) is 6.65. The van der Waals surface area contributed by atoms with Crippen LogP contribution in [0.15, 0.2) is 29.3 Å². The van der Waals surface area contributed by atoms with Crippen LogP contribution in [0.4, 0.5) is 0 Å². The Morgan fingerprint density at radius 1 is 1.35 bits per heavy atom. The molecule has 1 aliphatic rings. The van der Waals surface area contributed by atoms with Gasteiger partial charge in [0, 0.05) is 32.8 Å². The Morgan fingerprint density at radius 3 is 2.96 bits per heavy atom. The fourth-order valence-electron chi connectivity index (χ4n) is 2.64. The van der Waals surface area contributed by atoms with Crippen molar-refractivity contribution in [3.63, 3.8) is 0 Å². The highest BCUT2D eigenvalue weighted by Crippen LogP contribution is 2.12. The number of aliphatic imine (C=N–C) groups is 1. The number of hydrogen-bond donors (Lipinski definition) is 2. The second kappa shape index (κ2) is 14.1. The van der Waals surface area contributed by atoms with Crippen LogP contribution in [0, 0.1) is 0 Å². The molecule has 1 aromatic carbocycles. The molecule has 7 heteroatoms. The molecule has 0 saturated carbocycles. The van der Waals surface area contributed by atoms with Gasteiger partial charge in [-0.1, -0.05) is 12.1 Å². The maximum atomic E-state index is 5.76. The predicted molar refractivity (Wildman–Crippen MR) is 116 cm³/mol. The molecular formula is C19H32IN3O3. The first kappa shape index (κ1) is 23.0. The number of halogens is 1. The normalized spacial score (nSPS) is 16.8. The smallest absolute Gasteiger partial charge is 0.191 e. The molecule has 1 aromatic rings. The summed E-state index contributed by atoms with van der Waals surface area (Å²) in [6.45, 7) is 6.80. The Kier molecular flexibility index (Phi) is 12.4. The SMILES string of the molecule is CCNC(=NCCCOC1CCOC1)NCCc1cccc(OC)c1.I. The van der Waals surface area contributed by atoms with E-state index in [9.17, 15) is 0 Å². The van der Waals surface area contributed by atoms with Crippen molar-refractivity contribution in [2.24, 2.45) is 4.99 Å². The quantitative estimate of drug-likeness (QED) is 0.235. The Hall–Kier alpha value is -1.06. The lowest BCUT2D eigenvalue weighted by atomic mass is 10.1. The third kappa shape index (κ3) is 9.05. The van der Waals surface area contributed by atoms with Gasteiger partial charge in [0.2, 0.25) is 0 Å². The van der Waals surface area contributed by atoms with E-state index in [-0.39, 0.29) is 30.1 Å². The molecule has 1 aliphatic heterocycles. The van der Waals surface area contributed by atoms with Crippen molar-refractivity contribution >= 4 is 29.9 Å². The van der Waals surface area contributed by atoms with Crippen LogP contribution in [0.25, 0.3) is 0 Å². The molecule has 0 aliphatic carbocycles. The number of nitrogens with one attached hydrogen (secondary N) is 2. The van der Waals surface area contributed by atoms with Gasteiger partial charge >= 0.3 is 0 Å². The van der Waals surface area contributed by atoms with Gasteiger partial charge in [-0.2, -0.15) is 0 Å². The second-order valence-electron chi connectivity index (χ2n) is 6.00. The van der Waals surface area contributed by atoms with Gasteiger partial charge in [0.1, 0.15) is 5.75 Å². The monoisotopic (exact) mass is 477 g/mol. The largest absolute Gasteiger partial charge is 0.497 e. The van der Waals surface area contributed by atoms with E-state index < -0.39 is 0 Å². The molecule has 2 N–H and O–H groups in total. The minimum Gasteiger partial charge on any atom is -0.497 e. The summed E-state index contributed by atoms with van der Waals surface area (Å²) in [7, 11) is 1.69. The first-order valence-corrected chi connectivity index (χ1v) is 9.16. The fourth-order valence-corrected chi connectivity index (χ4v) is 2.64. The van der Waals surface area contributed by atoms with Gasteiger partial charge in [0.15, 0.2) is 5.96 Å². The highest BCUT2D eigenvalue weighted by Gasteiger charge is 2.15. The maximum absolute atomic E-state index is 5.76. The molecule has 1 unspecified atom stereocenters. The number of guanidine groups is 1. The third-order valence-electron chi connectivity index (χ3n) is 4.00. The van der Waals surface area contributed by atoms with Crippen LogP contribution >= 0.6 is 24.0 Å². The van der Waals surface area contributed by atoms with E-state index in [1.165, 1.54) is 5.56 Å². The molecule has 6 nitrogen and oxygen atoms in total. The lowest BCUT2D eigenvalue weighted by molar-refractivity contribution is 0.0424. The van der Waals surface area contributed by atoms with Crippen LogP contribution in [-0.2, 0) is 15.9 Å². The van der Waals surface area contributed by atoms with Gasteiger partial charge in [-0.25, -0.2) is 0 Å². The lowest BCUT2D eigenvalue weighted by Crippen LogP contribution is -2.38. The standard InChI is InChI=1S/C19H31N3O3.HI/c1-3-20-19(21-10-5-12-25-18-9-13-24-15-18)22-11-8-16-6-4-7-17(14-16)23-2;/h4,6-7,14,18H,3,5,8-13,15H2,1-2H3,(H2,20,21,22);1H. The van der Waals surface area contributed by atoms with Crippen LogP contribution in [0.3, 0.4) is 0 Å². The molecule has 1 saturated heterocycles. The summed E-state index contributed by atoms with van der Waals surface area (Å²) in [4.78, 5) is 4.60. The molecular weight excluding hydrogens is 445 g/mol. The van der Waals surface area contributed by atoms with E-state index in [1.54, 1.807) is 7.11 Å². The number of rotatable bonds is 10. The minimum atomic E-state index is 0. The summed E-state index contributed by atoms with van der Waals surface area (Å²) in [6.07, 6.45) is 3.13. The molecule has 0 bridgehead atoms. The average molecular weight is 477 g/mol. The zero-order valence-electron chi connectivity index (χ0n) is 15.8. The van der Waals surface area contributed by atoms with Crippen molar-refractivity contribution < 1.29 is 14.2 Å². The van der Waals surface area contributed by atoms with Crippen molar-refractivity contribution in [3.05, 3.63) is 29.8 Å². The van der Waals surface area contributed by atoms with Crippen LogP contribution < -0.4 is 15.4 Å². The number of benzene rings is 1. The molecule has 26 heavy (non-hydrogen) atoms. The Morgan fingerprint density at radius 2 is 2.23 bits per heavy atom. The van der Waals surface area contributed by atoms with Crippen LogP contribution in [0.5, 0.6) is 5.75 Å². The molecule has 0 amide bonds. The summed E-state index contributed by atoms with van der Waals surface area (Å²) in [6, 6.07) is 8.15. The highest BCUT2D eigenvalue weighted by molar-refractivity contribution is 14.0. The molecule has 1 fully saturated rings. The van der Waals surface area contributed by atoms with Crippen LogP contribution in [0.2, 0.25) is 0 Å². The van der Waals surface area contributed by atoms with Crippen LogP contribution in [0.1, 0.15) is 25.3 Å². The first-order chi connectivity index (χ1) is 12.3. The third-order valence-corrected chi connectivity index (χ3v) is 4.00. The molecule has 1 atom stereocenters. The maximum Gasteiger partial charge on any atom is 0.191 e. The van der Waals surface area contributed by atoms with Gasteiger partial charge < -0.3 is 24.8 Å². The number of ether oxygens (including phenoxy) is 3. The van der Waals surface area contributed by atoms with E-state index in [0.717, 1.165) is 70.4 Å². The molecule has 0 radical (unpaired) electrons. The number of nitrogens with zero attached hydrogens (tertiary/aromatic N) is 1.